The smallest absolute Gasteiger partial charge is 0.195 e. The number of rotatable bonds is 3. The molecule has 0 spiro atoms. The van der Waals surface area contributed by atoms with Gasteiger partial charge >= 0.3 is 0 Å². The van der Waals surface area contributed by atoms with Crippen molar-refractivity contribution in [3.63, 3.8) is 0 Å². The lowest BCUT2D eigenvalue weighted by Crippen LogP contribution is -2.20. The zero-order valence-electron chi connectivity index (χ0n) is 25.7. The quantitative estimate of drug-likeness (QED) is 0.194. The minimum atomic E-state index is -0.0598. The normalized spacial score (nSPS) is 16.4. The lowest BCUT2D eigenvalue weighted by molar-refractivity contribution is 0.266. The van der Waals surface area contributed by atoms with Crippen LogP contribution in [0.5, 0.6) is 5.75 Å². The van der Waals surface area contributed by atoms with Gasteiger partial charge in [0.15, 0.2) is 5.13 Å². The molecular weight excluding hydrogens is 607 g/mol. The molecule has 4 heterocycles. The van der Waals surface area contributed by atoms with Crippen molar-refractivity contribution < 1.29 is 4.74 Å². The van der Waals surface area contributed by atoms with Crippen LogP contribution >= 0.6 is 11.3 Å². The third kappa shape index (κ3) is 3.56. The first-order chi connectivity index (χ1) is 23.8. The average Bonchev–Trinajstić information content (AvgIpc) is 3.90. The van der Waals surface area contributed by atoms with Crippen molar-refractivity contribution in [2.75, 3.05) is 0 Å². The Morgan fingerprint density at radius 2 is 1.23 bits per heavy atom. The molecule has 0 bridgehead atoms. The molecule has 9 aromatic rings. The van der Waals surface area contributed by atoms with Gasteiger partial charge in [0, 0.05) is 32.8 Å². The van der Waals surface area contributed by atoms with E-state index in [1.807, 2.05) is 0 Å². The molecule has 0 amide bonds. The zero-order chi connectivity index (χ0) is 31.3. The fourth-order valence-corrected chi connectivity index (χ4v) is 9.13. The Bertz CT molecular complexity index is 2770. The predicted octanol–water partition coefficient (Wildman–Crippen LogP) is 10.9. The highest BCUT2D eigenvalue weighted by Crippen LogP contribution is 2.50. The second-order valence-corrected chi connectivity index (χ2v) is 13.7. The van der Waals surface area contributed by atoms with E-state index in [1.54, 1.807) is 11.3 Å². The second kappa shape index (κ2) is 9.80. The summed E-state index contributed by atoms with van der Waals surface area (Å²) >= 11 is 1.76. The highest BCUT2D eigenvalue weighted by Gasteiger charge is 2.40. The highest BCUT2D eigenvalue weighted by atomic mass is 32.1. The van der Waals surface area contributed by atoms with E-state index in [2.05, 4.69) is 161 Å². The van der Waals surface area contributed by atoms with Crippen LogP contribution in [0.1, 0.15) is 22.1 Å². The van der Waals surface area contributed by atoms with Gasteiger partial charge in [-0.1, -0.05) is 108 Å². The van der Waals surface area contributed by atoms with Gasteiger partial charge in [0.05, 0.1) is 38.6 Å². The topological polar surface area (TPSA) is 32.0 Å². The molecule has 5 heteroatoms. The molecule has 48 heavy (non-hydrogen) atoms. The van der Waals surface area contributed by atoms with Gasteiger partial charge in [-0.2, -0.15) is 0 Å². The number of hydrogen-bond acceptors (Lipinski definition) is 3. The van der Waals surface area contributed by atoms with Crippen LogP contribution in [-0.2, 0) is 0 Å². The van der Waals surface area contributed by atoms with Crippen LogP contribution in [0.3, 0.4) is 0 Å². The minimum absolute atomic E-state index is 0.0598. The Kier molecular flexibility index (Phi) is 5.35. The Morgan fingerprint density at radius 1 is 0.583 bits per heavy atom. The van der Waals surface area contributed by atoms with E-state index >= 15 is 0 Å². The Balaban J connectivity index is 1.12. The van der Waals surface area contributed by atoms with Gasteiger partial charge in [0.25, 0.3) is 0 Å². The molecule has 3 aromatic heterocycles. The third-order valence-corrected chi connectivity index (χ3v) is 11.1. The fraction of sp³-hybridized carbons (Fsp3) is 0.0465. The van der Waals surface area contributed by atoms with Gasteiger partial charge in [0.2, 0.25) is 0 Å². The molecule has 2 atom stereocenters. The average molecular weight is 634 g/mol. The van der Waals surface area contributed by atoms with Crippen LogP contribution in [-0.4, -0.2) is 20.2 Å². The van der Waals surface area contributed by atoms with Crippen LogP contribution in [0.2, 0.25) is 0 Å². The summed E-state index contributed by atoms with van der Waals surface area (Å²) in [5.41, 5.74) is 10.6. The molecule has 6 aromatic carbocycles. The third-order valence-electron chi connectivity index (χ3n) is 10.1. The largest absolute Gasteiger partial charge is 0.485 e. The molecule has 11 rings (SSSR count). The zero-order valence-corrected chi connectivity index (χ0v) is 26.6. The summed E-state index contributed by atoms with van der Waals surface area (Å²) in [4.78, 5) is 6.65. The summed E-state index contributed by atoms with van der Waals surface area (Å²) in [7, 11) is 0. The summed E-state index contributed by atoms with van der Waals surface area (Å²) in [6, 6.07) is 50.0. The molecule has 0 saturated heterocycles. The molecule has 1 aliphatic heterocycles. The fourth-order valence-electron chi connectivity index (χ4n) is 8.08. The molecule has 226 valence electrons. The van der Waals surface area contributed by atoms with Crippen LogP contribution < -0.4 is 4.74 Å². The van der Waals surface area contributed by atoms with E-state index in [9.17, 15) is 0 Å². The SMILES string of the molecule is C1=CC2Oc3cc(-c4ccccc4)ccc3C2c2nc(-n3c4ccccc4c4c5c6ccccc6n(-c6ccccc6)c5ccc43)sc21. The first-order valence-corrected chi connectivity index (χ1v) is 17.2. The van der Waals surface area contributed by atoms with Crippen LogP contribution in [0, 0.1) is 0 Å². The Morgan fingerprint density at radius 3 is 1.98 bits per heavy atom. The van der Waals surface area contributed by atoms with E-state index < -0.39 is 0 Å². The number of aromatic nitrogens is 3. The number of fused-ring (bicyclic) bond motifs is 12. The van der Waals surface area contributed by atoms with Gasteiger partial charge < -0.3 is 9.30 Å². The van der Waals surface area contributed by atoms with Gasteiger partial charge in [-0.05, 0) is 65.7 Å². The lowest BCUT2D eigenvalue weighted by atomic mass is 9.87. The standard InChI is InChI=1S/C43H27N3OS/c1-3-11-26(12-4-1)27-19-20-31-37(25-27)47-36-23-24-38-42(41(31)36)44-43(48-38)46-33-18-10-8-16-30(33)40-35(46)22-21-34-39(40)29-15-7-9-17-32(29)45(34)28-13-5-2-6-14-28/h1-25,36,41H. The molecule has 0 saturated carbocycles. The van der Waals surface area contributed by atoms with Crippen LogP contribution in [0.15, 0.2) is 146 Å². The van der Waals surface area contributed by atoms with Crippen molar-refractivity contribution in [2.45, 2.75) is 12.0 Å². The number of nitrogens with zero attached hydrogens (tertiary/aromatic N) is 3. The van der Waals surface area contributed by atoms with Crippen molar-refractivity contribution >= 4 is 61.0 Å². The number of ether oxygens (including phenoxy) is 1. The molecule has 2 unspecified atom stereocenters. The number of thiazole rings is 1. The van der Waals surface area contributed by atoms with Crippen molar-refractivity contribution in [3.8, 4) is 27.7 Å². The van der Waals surface area contributed by atoms with E-state index in [1.165, 1.54) is 65.2 Å². The number of benzene rings is 6. The van der Waals surface area contributed by atoms with E-state index in [0.29, 0.717) is 0 Å². The number of para-hydroxylation sites is 3. The summed E-state index contributed by atoms with van der Waals surface area (Å²) in [6.07, 6.45) is 4.36. The maximum Gasteiger partial charge on any atom is 0.195 e. The summed E-state index contributed by atoms with van der Waals surface area (Å²) in [5.74, 6) is 1.02. The van der Waals surface area contributed by atoms with Crippen molar-refractivity contribution in [2.24, 2.45) is 0 Å². The monoisotopic (exact) mass is 633 g/mol. The first kappa shape index (κ1) is 26.2. The highest BCUT2D eigenvalue weighted by molar-refractivity contribution is 7.15. The molecule has 0 N–H and O–H groups in total. The molecule has 0 radical (unpaired) electrons. The molecule has 4 nitrogen and oxygen atoms in total. The summed E-state index contributed by atoms with van der Waals surface area (Å²) in [5, 5.41) is 6.01. The van der Waals surface area contributed by atoms with E-state index in [-0.39, 0.29) is 12.0 Å². The maximum absolute atomic E-state index is 6.57. The maximum atomic E-state index is 6.57. The van der Waals surface area contributed by atoms with Gasteiger partial charge in [0.1, 0.15) is 11.9 Å². The lowest BCUT2D eigenvalue weighted by Gasteiger charge is -2.18. The Labute approximate surface area is 280 Å². The molecule has 2 aliphatic rings. The van der Waals surface area contributed by atoms with Crippen molar-refractivity contribution in [3.05, 3.63) is 162 Å². The van der Waals surface area contributed by atoms with E-state index in [0.717, 1.165) is 22.3 Å². The number of hydrogen-bond donors (Lipinski definition) is 0. The van der Waals surface area contributed by atoms with Crippen LogP contribution in [0.4, 0.5) is 0 Å². The van der Waals surface area contributed by atoms with Crippen molar-refractivity contribution in [1.29, 1.82) is 0 Å². The summed E-state index contributed by atoms with van der Waals surface area (Å²) in [6.45, 7) is 0. The minimum Gasteiger partial charge on any atom is -0.485 e. The van der Waals surface area contributed by atoms with E-state index in [4.69, 9.17) is 9.72 Å². The molecule has 1 aliphatic carbocycles. The van der Waals surface area contributed by atoms with Crippen molar-refractivity contribution in [1.82, 2.24) is 14.1 Å². The Hall–Kier alpha value is -5.91. The van der Waals surface area contributed by atoms with Crippen LogP contribution in [0.25, 0.3) is 71.6 Å². The first-order valence-electron chi connectivity index (χ1n) is 16.4. The van der Waals surface area contributed by atoms with Gasteiger partial charge in [-0.3, -0.25) is 4.57 Å². The van der Waals surface area contributed by atoms with Gasteiger partial charge in [-0.25, -0.2) is 4.98 Å². The second-order valence-electron chi connectivity index (χ2n) is 12.7. The van der Waals surface area contributed by atoms with Gasteiger partial charge in [-0.15, -0.1) is 0 Å². The molecular formula is C43H27N3OS. The predicted molar refractivity (Wildman–Crippen MR) is 198 cm³/mol. The molecule has 0 fully saturated rings. The summed E-state index contributed by atoms with van der Waals surface area (Å²) < 4.78 is 11.3.